The van der Waals surface area contributed by atoms with E-state index in [-0.39, 0.29) is 5.75 Å². The Morgan fingerprint density at radius 3 is 2.44 bits per heavy atom. The Morgan fingerprint density at radius 2 is 1.89 bits per heavy atom. The highest BCUT2D eigenvalue weighted by Gasteiger charge is 2.20. The molecule has 0 aromatic heterocycles. The summed E-state index contributed by atoms with van der Waals surface area (Å²) < 4.78 is 25.6. The van der Waals surface area contributed by atoms with Gasteiger partial charge in [0.1, 0.15) is 0 Å². The van der Waals surface area contributed by atoms with Crippen LogP contribution in [0, 0.1) is 11.8 Å². The second kappa shape index (κ2) is 7.46. The van der Waals surface area contributed by atoms with Crippen LogP contribution in [0.1, 0.15) is 39.5 Å². The van der Waals surface area contributed by atoms with Crippen LogP contribution in [0.25, 0.3) is 0 Å². The molecule has 0 saturated carbocycles. The Kier molecular flexibility index (Phi) is 6.60. The Hall–Kier alpha value is -0.130. The molecule has 0 atom stereocenters. The molecular formula is C13H28N2O2S. The summed E-state index contributed by atoms with van der Waals surface area (Å²) in [5.74, 6) is 1.42. The minimum Gasteiger partial charge on any atom is -0.317 e. The average molecular weight is 276 g/mol. The van der Waals surface area contributed by atoms with Gasteiger partial charge in [-0.1, -0.05) is 13.8 Å². The Morgan fingerprint density at radius 1 is 1.28 bits per heavy atom. The molecule has 1 heterocycles. The van der Waals surface area contributed by atoms with E-state index in [2.05, 4.69) is 19.2 Å². The molecule has 5 heteroatoms. The van der Waals surface area contributed by atoms with E-state index in [0.717, 1.165) is 25.9 Å². The fourth-order valence-corrected chi connectivity index (χ4v) is 3.68. The van der Waals surface area contributed by atoms with Gasteiger partial charge in [-0.05, 0) is 50.6 Å². The van der Waals surface area contributed by atoms with Crippen molar-refractivity contribution >= 4 is 10.0 Å². The molecule has 1 aliphatic rings. The number of nitrogens with zero attached hydrogens (tertiary/aromatic N) is 1. The lowest BCUT2D eigenvalue weighted by Gasteiger charge is -2.25. The highest BCUT2D eigenvalue weighted by atomic mass is 32.2. The van der Waals surface area contributed by atoms with Gasteiger partial charge in [0, 0.05) is 13.6 Å². The van der Waals surface area contributed by atoms with Crippen LogP contribution < -0.4 is 5.32 Å². The minimum absolute atomic E-state index is 0.285. The minimum atomic E-state index is -3.04. The van der Waals surface area contributed by atoms with Gasteiger partial charge in [0.15, 0.2) is 0 Å². The summed E-state index contributed by atoms with van der Waals surface area (Å²) >= 11 is 0. The second-order valence-electron chi connectivity index (χ2n) is 5.80. The molecule has 0 radical (unpaired) electrons. The van der Waals surface area contributed by atoms with Gasteiger partial charge in [0.25, 0.3) is 0 Å². The monoisotopic (exact) mass is 276 g/mol. The van der Waals surface area contributed by atoms with Crippen molar-refractivity contribution in [2.75, 3.05) is 32.4 Å². The van der Waals surface area contributed by atoms with Gasteiger partial charge in [-0.15, -0.1) is 0 Å². The first-order valence-corrected chi connectivity index (χ1v) is 8.67. The van der Waals surface area contributed by atoms with Crippen molar-refractivity contribution in [2.45, 2.75) is 39.5 Å². The Balaban J connectivity index is 2.31. The molecular weight excluding hydrogens is 248 g/mol. The van der Waals surface area contributed by atoms with E-state index >= 15 is 0 Å². The van der Waals surface area contributed by atoms with E-state index < -0.39 is 10.0 Å². The smallest absolute Gasteiger partial charge is 0.213 e. The van der Waals surface area contributed by atoms with Crippen LogP contribution in [0.5, 0.6) is 0 Å². The maximum Gasteiger partial charge on any atom is 0.213 e. The maximum absolute atomic E-state index is 12.0. The van der Waals surface area contributed by atoms with Crippen LogP contribution in [-0.2, 0) is 10.0 Å². The predicted molar refractivity (Wildman–Crippen MR) is 76.1 cm³/mol. The van der Waals surface area contributed by atoms with E-state index in [9.17, 15) is 8.42 Å². The summed E-state index contributed by atoms with van der Waals surface area (Å²) in [4.78, 5) is 0. The van der Waals surface area contributed by atoms with Crippen molar-refractivity contribution in [3.8, 4) is 0 Å². The van der Waals surface area contributed by atoms with E-state index in [1.54, 1.807) is 11.4 Å². The zero-order valence-corrected chi connectivity index (χ0v) is 12.8. The number of sulfonamides is 1. The second-order valence-corrected chi connectivity index (χ2v) is 8.00. The lowest BCUT2D eigenvalue weighted by molar-refractivity contribution is 0.325. The van der Waals surface area contributed by atoms with Crippen molar-refractivity contribution in [1.29, 1.82) is 0 Å². The maximum atomic E-state index is 12.0. The molecule has 1 saturated heterocycles. The normalized spacial score (nSPS) is 18.7. The molecule has 4 nitrogen and oxygen atoms in total. The van der Waals surface area contributed by atoms with Crippen LogP contribution in [-0.4, -0.2) is 45.2 Å². The van der Waals surface area contributed by atoms with Crippen LogP contribution in [0.2, 0.25) is 0 Å². The number of hydrogen-bond acceptors (Lipinski definition) is 3. The van der Waals surface area contributed by atoms with Gasteiger partial charge >= 0.3 is 0 Å². The number of hydrogen-bond donors (Lipinski definition) is 1. The van der Waals surface area contributed by atoms with E-state index in [0.29, 0.717) is 18.4 Å². The molecule has 1 N–H and O–H groups in total. The van der Waals surface area contributed by atoms with Crippen molar-refractivity contribution in [3.63, 3.8) is 0 Å². The molecule has 0 aliphatic carbocycles. The molecule has 108 valence electrons. The van der Waals surface area contributed by atoms with Crippen molar-refractivity contribution in [2.24, 2.45) is 11.8 Å². The molecule has 0 aromatic carbocycles. The van der Waals surface area contributed by atoms with Crippen LogP contribution in [0.3, 0.4) is 0 Å². The lowest BCUT2D eigenvalue weighted by Crippen LogP contribution is -2.34. The predicted octanol–water partition coefficient (Wildman–Crippen LogP) is 1.68. The first-order valence-electron chi connectivity index (χ1n) is 7.06. The standard InChI is InChI=1S/C13H28N2O2S/c1-12(2)7-11-18(16,17)15(3)10-6-13-4-8-14-9-5-13/h12-14H,4-11H2,1-3H3. The number of rotatable bonds is 7. The highest BCUT2D eigenvalue weighted by Crippen LogP contribution is 2.17. The zero-order chi connectivity index (χ0) is 13.6. The molecule has 18 heavy (non-hydrogen) atoms. The fourth-order valence-electron chi connectivity index (χ4n) is 2.21. The number of piperidine rings is 1. The Bertz CT molecular complexity index is 322. The largest absolute Gasteiger partial charge is 0.317 e. The first kappa shape index (κ1) is 15.9. The van der Waals surface area contributed by atoms with Gasteiger partial charge < -0.3 is 5.32 Å². The van der Waals surface area contributed by atoms with Crippen LogP contribution >= 0.6 is 0 Å². The number of nitrogens with one attached hydrogen (secondary N) is 1. The van der Waals surface area contributed by atoms with Gasteiger partial charge in [0.2, 0.25) is 10.0 Å². The summed E-state index contributed by atoms with van der Waals surface area (Å²) in [5, 5.41) is 3.33. The highest BCUT2D eigenvalue weighted by molar-refractivity contribution is 7.89. The third-order valence-electron chi connectivity index (χ3n) is 3.74. The Labute approximate surface area is 112 Å². The average Bonchev–Trinajstić information content (AvgIpc) is 2.35. The molecule has 0 unspecified atom stereocenters. The molecule has 1 rings (SSSR count). The first-order chi connectivity index (χ1) is 8.42. The van der Waals surface area contributed by atoms with Crippen molar-refractivity contribution in [1.82, 2.24) is 9.62 Å². The van der Waals surface area contributed by atoms with Gasteiger partial charge in [-0.25, -0.2) is 12.7 Å². The van der Waals surface area contributed by atoms with Crippen molar-refractivity contribution in [3.05, 3.63) is 0 Å². The summed E-state index contributed by atoms with van der Waals surface area (Å²) in [6.07, 6.45) is 4.11. The molecule has 0 amide bonds. The third-order valence-corrected chi connectivity index (χ3v) is 5.62. The van der Waals surface area contributed by atoms with Gasteiger partial charge in [-0.3, -0.25) is 0 Å². The van der Waals surface area contributed by atoms with E-state index in [1.807, 2.05) is 0 Å². The van der Waals surface area contributed by atoms with Crippen LogP contribution in [0.15, 0.2) is 0 Å². The summed E-state index contributed by atoms with van der Waals surface area (Å²) in [5.41, 5.74) is 0. The summed E-state index contributed by atoms with van der Waals surface area (Å²) in [7, 11) is -1.32. The molecule has 1 fully saturated rings. The van der Waals surface area contributed by atoms with Crippen molar-refractivity contribution < 1.29 is 8.42 Å². The SMILES string of the molecule is CC(C)CCS(=O)(=O)N(C)CCC1CCNCC1. The molecule has 0 bridgehead atoms. The molecule has 0 spiro atoms. The third kappa shape index (κ3) is 5.67. The zero-order valence-electron chi connectivity index (χ0n) is 12.0. The summed E-state index contributed by atoms with van der Waals surface area (Å²) in [6.45, 7) is 6.95. The topological polar surface area (TPSA) is 49.4 Å². The quantitative estimate of drug-likeness (QED) is 0.770. The lowest BCUT2D eigenvalue weighted by atomic mass is 9.95. The van der Waals surface area contributed by atoms with E-state index in [4.69, 9.17) is 0 Å². The van der Waals surface area contributed by atoms with Gasteiger partial charge in [0.05, 0.1) is 5.75 Å². The summed E-state index contributed by atoms with van der Waals surface area (Å²) in [6, 6.07) is 0. The van der Waals surface area contributed by atoms with E-state index in [1.165, 1.54) is 12.8 Å². The molecule has 0 aromatic rings. The van der Waals surface area contributed by atoms with Gasteiger partial charge in [-0.2, -0.15) is 0 Å². The fraction of sp³-hybridized carbons (Fsp3) is 1.00. The van der Waals surface area contributed by atoms with Crippen LogP contribution in [0.4, 0.5) is 0 Å². The molecule has 1 aliphatic heterocycles.